The number of pyridine rings is 1. The van der Waals surface area contributed by atoms with Crippen LogP contribution < -0.4 is 20.3 Å². The van der Waals surface area contributed by atoms with Crippen molar-refractivity contribution < 1.29 is 19.2 Å². The van der Waals surface area contributed by atoms with Gasteiger partial charge in [-0.1, -0.05) is 6.07 Å². The van der Waals surface area contributed by atoms with Crippen LogP contribution in [0.1, 0.15) is 40.3 Å². The van der Waals surface area contributed by atoms with Gasteiger partial charge < -0.3 is 29.6 Å². The molecule has 0 aliphatic carbocycles. The molecule has 1 fully saturated rings. The molecule has 0 saturated carbocycles. The van der Waals surface area contributed by atoms with Crippen molar-refractivity contribution in [2.24, 2.45) is 0 Å². The summed E-state index contributed by atoms with van der Waals surface area (Å²) in [5, 5.41) is 18.5. The molecule has 1 aliphatic rings. The molecule has 0 spiro atoms. The van der Waals surface area contributed by atoms with Crippen LogP contribution in [0.2, 0.25) is 0 Å². The number of hydrogen-bond acceptors (Lipinski definition) is 7. The summed E-state index contributed by atoms with van der Waals surface area (Å²) >= 11 is 5.92. The van der Waals surface area contributed by atoms with Gasteiger partial charge in [0.1, 0.15) is 12.4 Å². The summed E-state index contributed by atoms with van der Waals surface area (Å²) in [4.78, 5) is 30.1. The van der Waals surface area contributed by atoms with E-state index in [2.05, 4.69) is 26.6 Å². The number of amides is 1. The van der Waals surface area contributed by atoms with Gasteiger partial charge in [0.25, 0.3) is 5.69 Å². The van der Waals surface area contributed by atoms with Crippen LogP contribution in [0.25, 0.3) is 5.69 Å². The number of anilines is 2. The number of non-ortho nitro benzene ring substituents is 1. The Balaban J connectivity index is 1.65. The number of nitrogens with one attached hydrogen (secondary N) is 2. The number of aryl methyl sites for hydroxylation is 2. The number of nitrogens with zero attached hydrogens (tertiary/aromatic N) is 4. The van der Waals surface area contributed by atoms with Gasteiger partial charge in [-0.25, -0.2) is 0 Å². The fourth-order valence-electron chi connectivity index (χ4n) is 5.63. The van der Waals surface area contributed by atoms with Gasteiger partial charge in [0.15, 0.2) is 5.11 Å². The molecule has 11 nitrogen and oxygen atoms in total. The number of carbonyl (C=O) groups is 1. The molecule has 2 atom stereocenters. The number of nitro groups is 1. The molecule has 0 radical (unpaired) electrons. The fourth-order valence-corrected chi connectivity index (χ4v) is 5.97. The number of rotatable bonds is 9. The third kappa shape index (κ3) is 5.66. The highest BCUT2D eigenvalue weighted by Crippen LogP contribution is 2.45. The quantitative estimate of drug-likeness (QED) is 0.146. The van der Waals surface area contributed by atoms with E-state index >= 15 is 0 Å². The zero-order valence-electron chi connectivity index (χ0n) is 24.5. The average molecular weight is 601 g/mol. The highest BCUT2D eigenvalue weighted by atomic mass is 32.1. The van der Waals surface area contributed by atoms with Crippen molar-refractivity contribution in [2.75, 3.05) is 31.0 Å². The minimum atomic E-state index is -0.417. The maximum atomic E-state index is 12.2. The lowest BCUT2D eigenvalue weighted by Crippen LogP contribution is -2.29. The monoisotopic (exact) mass is 600 g/mol. The Morgan fingerprint density at radius 3 is 2.56 bits per heavy atom. The Hall–Kier alpha value is -4.81. The standard InChI is InChI=1S/C31H32N6O5S/c1-18-14-21(9-11-24(18)33-28(38)17-41-4)36-30(29(34-31(36)43)25-8-6-7-13-32-25)23-15-19(2)35(20(23)3)26-16-22(37(39)40)10-12-27(26)42-5/h6-16,29-30H,17H2,1-5H3,(H,33,38)(H,34,43)/t29-,30-/m0/s1. The van der Waals surface area contributed by atoms with E-state index in [1.165, 1.54) is 19.2 Å². The molecule has 0 unspecified atom stereocenters. The van der Waals surface area contributed by atoms with Gasteiger partial charge in [-0.2, -0.15) is 0 Å². The summed E-state index contributed by atoms with van der Waals surface area (Å²) in [5.74, 6) is 0.271. The van der Waals surface area contributed by atoms with Crippen molar-refractivity contribution in [1.29, 1.82) is 0 Å². The molecule has 1 amide bonds. The van der Waals surface area contributed by atoms with Crippen LogP contribution in [0, 0.1) is 30.9 Å². The molecule has 2 aromatic carbocycles. The summed E-state index contributed by atoms with van der Waals surface area (Å²) in [6.45, 7) is 5.82. The number of benzene rings is 2. The molecule has 2 N–H and O–H groups in total. The molecule has 1 saturated heterocycles. The molecule has 2 aromatic heterocycles. The predicted octanol–water partition coefficient (Wildman–Crippen LogP) is 5.48. The SMILES string of the molecule is COCC(=O)Nc1ccc(N2C(=S)N[C@@H](c3ccccn3)[C@@H]2c2cc(C)n(-c3cc([N+](=O)[O-])ccc3OC)c2C)cc1C. The van der Waals surface area contributed by atoms with E-state index in [1.54, 1.807) is 19.4 Å². The van der Waals surface area contributed by atoms with Crippen LogP contribution in [-0.2, 0) is 9.53 Å². The first-order valence-electron chi connectivity index (χ1n) is 13.6. The van der Waals surface area contributed by atoms with Gasteiger partial charge in [-0.3, -0.25) is 19.9 Å². The van der Waals surface area contributed by atoms with E-state index in [1.807, 2.05) is 61.7 Å². The number of thiocarbonyl (C=S) groups is 1. The predicted molar refractivity (Wildman–Crippen MR) is 168 cm³/mol. The van der Waals surface area contributed by atoms with E-state index < -0.39 is 4.92 Å². The maximum absolute atomic E-state index is 12.2. The van der Waals surface area contributed by atoms with E-state index in [-0.39, 0.29) is 30.3 Å². The number of ether oxygens (including phenoxy) is 2. The second-order valence-corrected chi connectivity index (χ2v) is 10.6. The van der Waals surface area contributed by atoms with Crippen LogP contribution in [0.3, 0.4) is 0 Å². The van der Waals surface area contributed by atoms with E-state index in [0.29, 0.717) is 22.2 Å². The normalized spacial score (nSPS) is 16.2. The van der Waals surface area contributed by atoms with Crippen molar-refractivity contribution in [3.63, 3.8) is 0 Å². The summed E-state index contributed by atoms with van der Waals surface area (Å²) in [6.07, 6.45) is 1.75. The van der Waals surface area contributed by atoms with Crippen molar-refractivity contribution in [3.8, 4) is 11.4 Å². The average Bonchev–Trinajstić information content (AvgIpc) is 3.48. The molecule has 4 aromatic rings. The Kier molecular flexibility index (Phi) is 8.42. The molecule has 0 bridgehead atoms. The minimum Gasteiger partial charge on any atom is -0.495 e. The van der Waals surface area contributed by atoms with E-state index in [0.717, 1.165) is 33.9 Å². The zero-order valence-corrected chi connectivity index (χ0v) is 25.3. The number of carbonyl (C=O) groups excluding carboxylic acids is 1. The number of nitro benzene ring substituents is 1. The first kappa shape index (κ1) is 29.7. The highest BCUT2D eigenvalue weighted by molar-refractivity contribution is 7.80. The van der Waals surface area contributed by atoms with Crippen LogP contribution >= 0.6 is 12.2 Å². The number of aromatic nitrogens is 2. The van der Waals surface area contributed by atoms with Crippen molar-refractivity contribution in [2.45, 2.75) is 32.9 Å². The summed E-state index contributed by atoms with van der Waals surface area (Å²) < 4.78 is 12.5. The van der Waals surface area contributed by atoms with Gasteiger partial charge in [0, 0.05) is 48.2 Å². The minimum absolute atomic E-state index is 0.0327. The van der Waals surface area contributed by atoms with Crippen LogP contribution in [0.15, 0.2) is 66.9 Å². The van der Waals surface area contributed by atoms with Gasteiger partial charge in [-0.15, -0.1) is 0 Å². The molecule has 3 heterocycles. The van der Waals surface area contributed by atoms with Crippen molar-refractivity contribution in [1.82, 2.24) is 14.9 Å². The van der Waals surface area contributed by atoms with Gasteiger partial charge >= 0.3 is 0 Å². The number of methoxy groups -OCH3 is 2. The Labute approximate surface area is 254 Å². The lowest BCUT2D eigenvalue weighted by molar-refractivity contribution is -0.384. The Morgan fingerprint density at radius 1 is 1.12 bits per heavy atom. The largest absolute Gasteiger partial charge is 0.495 e. The van der Waals surface area contributed by atoms with E-state index in [9.17, 15) is 14.9 Å². The van der Waals surface area contributed by atoms with Gasteiger partial charge in [0.2, 0.25) is 5.91 Å². The Bertz CT molecular complexity index is 1710. The molecule has 12 heteroatoms. The third-order valence-electron chi connectivity index (χ3n) is 7.54. The van der Waals surface area contributed by atoms with Gasteiger partial charge in [0.05, 0.1) is 35.5 Å². The van der Waals surface area contributed by atoms with E-state index in [4.69, 9.17) is 21.7 Å². The van der Waals surface area contributed by atoms with Crippen molar-refractivity contribution >= 4 is 40.3 Å². The zero-order chi connectivity index (χ0) is 30.8. The summed E-state index contributed by atoms with van der Waals surface area (Å²) in [5.41, 5.74) is 6.43. The summed E-state index contributed by atoms with van der Waals surface area (Å²) in [6, 6.07) is 17.5. The second kappa shape index (κ2) is 12.2. The number of hydrogen-bond donors (Lipinski definition) is 2. The molecule has 222 valence electrons. The molecule has 5 rings (SSSR count). The first-order valence-corrected chi connectivity index (χ1v) is 14.0. The first-order chi connectivity index (χ1) is 20.6. The van der Waals surface area contributed by atoms with Crippen LogP contribution in [0.5, 0.6) is 5.75 Å². The molecular weight excluding hydrogens is 568 g/mol. The summed E-state index contributed by atoms with van der Waals surface area (Å²) in [7, 11) is 3.02. The third-order valence-corrected chi connectivity index (χ3v) is 7.85. The molecular formula is C31H32N6O5S. The molecule has 1 aliphatic heterocycles. The lowest BCUT2D eigenvalue weighted by atomic mass is 9.96. The Morgan fingerprint density at radius 2 is 1.91 bits per heavy atom. The maximum Gasteiger partial charge on any atom is 0.271 e. The molecule has 43 heavy (non-hydrogen) atoms. The lowest BCUT2D eigenvalue weighted by Gasteiger charge is -2.29. The topological polar surface area (TPSA) is 124 Å². The van der Waals surface area contributed by atoms with Crippen LogP contribution in [-0.4, -0.2) is 46.3 Å². The van der Waals surface area contributed by atoms with Gasteiger partial charge in [-0.05, 0) is 86.6 Å². The fraction of sp³-hybridized carbons (Fsp3) is 0.258. The highest BCUT2D eigenvalue weighted by Gasteiger charge is 2.42. The van der Waals surface area contributed by atoms with Crippen molar-refractivity contribution in [3.05, 3.63) is 105 Å². The smallest absolute Gasteiger partial charge is 0.271 e. The van der Waals surface area contributed by atoms with Crippen LogP contribution in [0.4, 0.5) is 17.1 Å². The second-order valence-electron chi connectivity index (χ2n) is 10.3.